The number of amides is 1. The predicted octanol–water partition coefficient (Wildman–Crippen LogP) is 3.27. The molecule has 1 amide bonds. The number of hydrogen-bond donors (Lipinski definition) is 0. The van der Waals surface area contributed by atoms with E-state index in [1.807, 2.05) is 41.9 Å². The Labute approximate surface area is 122 Å². The average Bonchev–Trinajstić information content (AvgIpc) is 2.49. The number of thioether (sulfide) groups is 1. The normalized spacial score (nSPS) is 14.8. The number of carbonyl (C=O) groups is 1. The minimum Gasteiger partial charge on any atom is -0.491 e. The quantitative estimate of drug-likeness (QED) is 0.863. The number of nitrogens with zero attached hydrogens (tertiary/aromatic N) is 1. The highest BCUT2D eigenvalue weighted by Gasteiger charge is 2.13. The number of ether oxygens (including phenoxy) is 1. The first kappa shape index (κ1) is 13.1. The Hall–Kier alpha value is -1.94. The second-order valence-electron chi connectivity index (χ2n) is 4.51. The number of carbonyl (C=O) groups excluding carboxylic acids is 1. The van der Waals surface area contributed by atoms with Crippen molar-refractivity contribution in [3.8, 4) is 5.75 Å². The minimum atomic E-state index is 0.138. The van der Waals surface area contributed by atoms with Gasteiger partial charge >= 0.3 is 0 Å². The average molecular weight is 285 g/mol. The Morgan fingerprint density at radius 1 is 1.15 bits per heavy atom. The maximum absolute atomic E-state index is 11.6. The summed E-state index contributed by atoms with van der Waals surface area (Å²) in [4.78, 5) is 13.4. The van der Waals surface area contributed by atoms with E-state index < -0.39 is 0 Å². The third kappa shape index (κ3) is 2.80. The summed E-state index contributed by atoms with van der Waals surface area (Å²) in [6, 6.07) is 14.1. The zero-order valence-electron chi connectivity index (χ0n) is 11.0. The van der Waals surface area contributed by atoms with Gasteiger partial charge in [-0.05, 0) is 16.9 Å². The van der Waals surface area contributed by atoms with Gasteiger partial charge in [0, 0.05) is 11.6 Å². The fourth-order valence-corrected chi connectivity index (χ4v) is 2.81. The summed E-state index contributed by atoms with van der Waals surface area (Å²) < 4.78 is 5.84. The molecule has 3 nitrogen and oxygen atoms in total. The van der Waals surface area contributed by atoms with Gasteiger partial charge in [-0.25, -0.2) is 0 Å². The molecular formula is C16H15NO2S. The van der Waals surface area contributed by atoms with Crippen molar-refractivity contribution in [1.29, 1.82) is 0 Å². The Balaban J connectivity index is 1.67. The highest BCUT2D eigenvalue weighted by atomic mass is 32.2. The Morgan fingerprint density at radius 3 is 2.90 bits per heavy atom. The maximum atomic E-state index is 11.6. The van der Waals surface area contributed by atoms with Crippen molar-refractivity contribution in [2.75, 3.05) is 18.9 Å². The van der Waals surface area contributed by atoms with Gasteiger partial charge in [-0.15, -0.1) is 11.8 Å². The molecule has 0 aliphatic carbocycles. The van der Waals surface area contributed by atoms with E-state index in [2.05, 4.69) is 12.1 Å². The van der Waals surface area contributed by atoms with Gasteiger partial charge < -0.3 is 9.64 Å². The molecule has 20 heavy (non-hydrogen) atoms. The fraction of sp³-hybridized carbons (Fsp3) is 0.188. The lowest BCUT2D eigenvalue weighted by Crippen LogP contribution is -2.32. The van der Waals surface area contributed by atoms with Crippen molar-refractivity contribution in [2.24, 2.45) is 0 Å². The molecule has 0 radical (unpaired) electrons. The monoisotopic (exact) mass is 285 g/mol. The highest BCUT2D eigenvalue weighted by molar-refractivity contribution is 8.02. The van der Waals surface area contributed by atoms with Gasteiger partial charge in [0.15, 0.2) is 0 Å². The van der Waals surface area contributed by atoms with E-state index >= 15 is 0 Å². The van der Waals surface area contributed by atoms with Gasteiger partial charge in [0.2, 0.25) is 5.91 Å². The zero-order chi connectivity index (χ0) is 13.8. The minimum absolute atomic E-state index is 0.138. The smallest absolute Gasteiger partial charge is 0.236 e. The molecule has 4 heteroatoms. The van der Waals surface area contributed by atoms with Crippen molar-refractivity contribution in [3.05, 3.63) is 54.1 Å². The van der Waals surface area contributed by atoms with Crippen molar-refractivity contribution < 1.29 is 9.53 Å². The molecule has 1 aliphatic heterocycles. The first-order chi connectivity index (χ1) is 9.84. The molecule has 0 bridgehead atoms. The summed E-state index contributed by atoms with van der Waals surface area (Å²) in [6.07, 6.45) is 1.82. The van der Waals surface area contributed by atoms with Crippen molar-refractivity contribution >= 4 is 28.4 Å². The highest BCUT2D eigenvalue weighted by Crippen LogP contribution is 2.25. The molecule has 1 aliphatic rings. The largest absolute Gasteiger partial charge is 0.491 e. The molecule has 0 saturated heterocycles. The Bertz CT molecular complexity index is 648. The molecule has 0 unspecified atom stereocenters. The standard InChI is InChI=1S/C16H15NO2S/c18-16-12-20-11-9-17(16)8-10-19-15-7-3-5-13-4-1-2-6-14(13)15/h1-7,9,11H,8,10,12H2. The third-order valence-electron chi connectivity index (χ3n) is 3.20. The lowest BCUT2D eigenvalue weighted by Gasteiger charge is -2.21. The van der Waals surface area contributed by atoms with Crippen LogP contribution in [0.4, 0.5) is 0 Å². The van der Waals surface area contributed by atoms with E-state index in [0.29, 0.717) is 18.9 Å². The Morgan fingerprint density at radius 2 is 2.00 bits per heavy atom. The molecule has 2 aromatic carbocycles. The lowest BCUT2D eigenvalue weighted by molar-refractivity contribution is -0.126. The van der Waals surface area contributed by atoms with Crippen LogP contribution < -0.4 is 4.74 Å². The van der Waals surface area contributed by atoms with E-state index in [-0.39, 0.29) is 5.91 Å². The van der Waals surface area contributed by atoms with E-state index in [0.717, 1.165) is 16.5 Å². The Kier molecular flexibility index (Phi) is 3.92. The van der Waals surface area contributed by atoms with Gasteiger partial charge in [0.1, 0.15) is 12.4 Å². The van der Waals surface area contributed by atoms with Crippen LogP contribution in [0.5, 0.6) is 5.75 Å². The topological polar surface area (TPSA) is 29.5 Å². The third-order valence-corrected chi connectivity index (χ3v) is 3.93. The van der Waals surface area contributed by atoms with Crippen LogP contribution in [0.25, 0.3) is 10.8 Å². The van der Waals surface area contributed by atoms with Gasteiger partial charge in [0.25, 0.3) is 0 Å². The summed E-state index contributed by atoms with van der Waals surface area (Å²) in [5, 5.41) is 4.21. The van der Waals surface area contributed by atoms with E-state index in [1.54, 1.807) is 4.90 Å². The van der Waals surface area contributed by atoms with Crippen LogP contribution >= 0.6 is 11.8 Å². The lowest BCUT2D eigenvalue weighted by atomic mass is 10.1. The number of fused-ring (bicyclic) bond motifs is 1. The van der Waals surface area contributed by atoms with Gasteiger partial charge in [-0.2, -0.15) is 0 Å². The van der Waals surface area contributed by atoms with Crippen LogP contribution in [0, 0.1) is 0 Å². The molecule has 1 heterocycles. The number of hydrogen-bond acceptors (Lipinski definition) is 3. The zero-order valence-corrected chi connectivity index (χ0v) is 11.8. The maximum Gasteiger partial charge on any atom is 0.236 e. The molecule has 0 N–H and O–H groups in total. The molecule has 0 fully saturated rings. The van der Waals surface area contributed by atoms with Gasteiger partial charge in [-0.3, -0.25) is 4.79 Å². The molecule has 2 aromatic rings. The summed E-state index contributed by atoms with van der Waals surface area (Å²) >= 11 is 1.53. The summed E-state index contributed by atoms with van der Waals surface area (Å²) in [6.45, 7) is 1.08. The second-order valence-corrected chi connectivity index (χ2v) is 5.40. The van der Waals surface area contributed by atoms with E-state index in [4.69, 9.17) is 4.74 Å². The van der Waals surface area contributed by atoms with Crippen LogP contribution in [0.1, 0.15) is 0 Å². The molecule has 0 saturated carbocycles. The molecule has 0 aromatic heterocycles. The first-order valence-corrected chi connectivity index (χ1v) is 7.58. The van der Waals surface area contributed by atoms with Crippen LogP contribution in [0.2, 0.25) is 0 Å². The van der Waals surface area contributed by atoms with Crippen molar-refractivity contribution in [3.63, 3.8) is 0 Å². The second kappa shape index (κ2) is 6.01. The van der Waals surface area contributed by atoms with Crippen LogP contribution in [-0.2, 0) is 4.79 Å². The predicted molar refractivity (Wildman–Crippen MR) is 82.8 cm³/mol. The van der Waals surface area contributed by atoms with Crippen LogP contribution in [0.3, 0.4) is 0 Å². The van der Waals surface area contributed by atoms with E-state index in [9.17, 15) is 4.79 Å². The molecule has 102 valence electrons. The molecule has 0 atom stereocenters. The van der Waals surface area contributed by atoms with Gasteiger partial charge in [-0.1, -0.05) is 36.4 Å². The summed E-state index contributed by atoms with van der Waals surface area (Å²) in [5.41, 5.74) is 0. The van der Waals surface area contributed by atoms with E-state index in [1.165, 1.54) is 11.8 Å². The van der Waals surface area contributed by atoms with Crippen molar-refractivity contribution in [1.82, 2.24) is 4.90 Å². The SMILES string of the molecule is O=C1CSC=CN1CCOc1cccc2ccccc12. The van der Waals surface area contributed by atoms with Crippen LogP contribution in [0.15, 0.2) is 54.1 Å². The molecule has 3 rings (SSSR count). The number of rotatable bonds is 4. The number of benzene rings is 2. The summed E-state index contributed by atoms with van der Waals surface area (Å²) in [5.74, 6) is 1.52. The first-order valence-electron chi connectivity index (χ1n) is 6.53. The van der Waals surface area contributed by atoms with Crippen LogP contribution in [-0.4, -0.2) is 29.7 Å². The molecular weight excluding hydrogens is 270 g/mol. The van der Waals surface area contributed by atoms with Gasteiger partial charge in [0.05, 0.1) is 12.3 Å². The molecule has 0 spiro atoms. The summed E-state index contributed by atoms with van der Waals surface area (Å²) in [7, 11) is 0. The fourth-order valence-electron chi connectivity index (χ4n) is 2.18. The van der Waals surface area contributed by atoms with Crippen molar-refractivity contribution in [2.45, 2.75) is 0 Å².